The summed E-state index contributed by atoms with van der Waals surface area (Å²) in [4.78, 5) is 38.1. The van der Waals surface area contributed by atoms with Crippen LogP contribution in [0.3, 0.4) is 0 Å². The Morgan fingerprint density at radius 2 is 0.606 bits per heavy atom. The minimum atomic E-state index is -0.801. The topological polar surface area (TPSA) is 78.9 Å². The van der Waals surface area contributed by atoms with E-state index >= 15 is 0 Å². The number of unbranched alkanes of at least 4 members (excludes halogenated alkanes) is 27. The molecule has 0 aromatic carbocycles. The van der Waals surface area contributed by atoms with Gasteiger partial charge in [-0.25, -0.2) is 0 Å². The lowest BCUT2D eigenvalue weighted by Gasteiger charge is -2.18. The van der Waals surface area contributed by atoms with E-state index in [0.717, 1.165) is 89.9 Å². The minimum Gasteiger partial charge on any atom is -0.462 e. The average molecular weight is 921 g/mol. The van der Waals surface area contributed by atoms with Crippen LogP contribution in [0.1, 0.15) is 271 Å². The third-order valence-electron chi connectivity index (χ3n) is 11.9. The smallest absolute Gasteiger partial charge is 0.306 e. The molecule has 1 atom stereocenters. The zero-order valence-electron chi connectivity index (χ0n) is 43.4. The summed E-state index contributed by atoms with van der Waals surface area (Å²) in [5, 5.41) is 0. The van der Waals surface area contributed by atoms with Gasteiger partial charge in [-0.2, -0.15) is 0 Å². The number of ether oxygens (including phenoxy) is 3. The van der Waals surface area contributed by atoms with Crippen LogP contribution < -0.4 is 0 Å². The van der Waals surface area contributed by atoms with E-state index < -0.39 is 6.10 Å². The molecule has 0 bridgehead atoms. The number of allylic oxidation sites excluding steroid dienone is 12. The summed E-state index contributed by atoms with van der Waals surface area (Å²) < 4.78 is 16.8. The van der Waals surface area contributed by atoms with Gasteiger partial charge in [-0.05, 0) is 83.5 Å². The van der Waals surface area contributed by atoms with E-state index in [1.54, 1.807) is 0 Å². The molecule has 0 aromatic rings. The van der Waals surface area contributed by atoms with Crippen LogP contribution >= 0.6 is 0 Å². The molecule has 0 heterocycles. The number of carbonyl (C=O) groups is 3. The fourth-order valence-electron chi connectivity index (χ4n) is 7.77. The Balaban J connectivity index is 4.47. The van der Waals surface area contributed by atoms with Gasteiger partial charge in [-0.15, -0.1) is 0 Å². The highest BCUT2D eigenvalue weighted by atomic mass is 16.6. The predicted molar refractivity (Wildman–Crippen MR) is 284 cm³/mol. The van der Waals surface area contributed by atoms with E-state index in [4.69, 9.17) is 14.2 Å². The number of rotatable bonds is 50. The van der Waals surface area contributed by atoms with E-state index in [1.165, 1.54) is 135 Å². The predicted octanol–water partition coefficient (Wildman–Crippen LogP) is 18.6. The third kappa shape index (κ3) is 51.8. The SMILES string of the molecule is CC/C=C\C/C=C\C/C=C\C/C=C\C/C=C\CCCC(=O)OC[C@@H](COC(=O)CCCCCCCCCCCCCCCCC)OC(=O)CCCCCCC/C=C\CCCCCCCCC. The van der Waals surface area contributed by atoms with Crippen molar-refractivity contribution in [2.45, 2.75) is 277 Å². The van der Waals surface area contributed by atoms with Crippen molar-refractivity contribution in [2.75, 3.05) is 13.2 Å². The average Bonchev–Trinajstić information content (AvgIpc) is 3.31. The minimum absolute atomic E-state index is 0.0941. The van der Waals surface area contributed by atoms with Gasteiger partial charge in [0.2, 0.25) is 0 Å². The molecule has 6 nitrogen and oxygen atoms in total. The summed E-state index contributed by atoms with van der Waals surface area (Å²) >= 11 is 0. The molecule has 0 radical (unpaired) electrons. The second-order valence-corrected chi connectivity index (χ2v) is 18.5. The summed E-state index contributed by atoms with van der Waals surface area (Å²) in [6.45, 7) is 6.49. The van der Waals surface area contributed by atoms with Gasteiger partial charge >= 0.3 is 17.9 Å². The first-order valence-electron chi connectivity index (χ1n) is 27.9. The normalized spacial score (nSPS) is 12.6. The van der Waals surface area contributed by atoms with E-state index in [1.807, 2.05) is 0 Å². The Morgan fingerprint density at radius 3 is 1.00 bits per heavy atom. The van der Waals surface area contributed by atoms with E-state index in [0.29, 0.717) is 19.3 Å². The summed E-state index contributed by atoms with van der Waals surface area (Å²) in [7, 11) is 0. The summed E-state index contributed by atoms with van der Waals surface area (Å²) in [5.41, 5.74) is 0. The fourth-order valence-corrected chi connectivity index (χ4v) is 7.77. The molecule has 0 saturated carbocycles. The Labute approximate surface area is 408 Å². The highest BCUT2D eigenvalue weighted by Crippen LogP contribution is 2.15. The van der Waals surface area contributed by atoms with Gasteiger partial charge in [-0.3, -0.25) is 14.4 Å². The van der Waals surface area contributed by atoms with Crippen LogP contribution in [0.2, 0.25) is 0 Å². The van der Waals surface area contributed by atoms with Crippen molar-refractivity contribution in [1.82, 2.24) is 0 Å². The standard InChI is InChI=1S/C60H104O6/c1-4-7-10-13-16-19-22-25-28-30-33-35-38-41-44-47-50-53-59(62)65-56-57(55-64-58(61)52-49-46-43-40-37-34-31-27-24-21-18-15-12-9-6-3)66-60(63)54-51-48-45-42-39-36-32-29-26-23-20-17-14-11-8-5-2/h7,10,16,19,25,28-29,32-33,35,41,44,57H,4-6,8-9,11-15,17-18,20-24,26-27,30-31,34,36-40,42-43,45-56H2,1-3H3/b10-7-,19-16-,28-25-,32-29-,35-33-,44-41-/t57-/m1/s1. The second kappa shape index (κ2) is 54.5. The Bertz CT molecular complexity index is 1240. The van der Waals surface area contributed by atoms with Gasteiger partial charge in [0.05, 0.1) is 0 Å². The molecule has 66 heavy (non-hydrogen) atoms. The largest absolute Gasteiger partial charge is 0.462 e. The first-order valence-corrected chi connectivity index (χ1v) is 27.9. The first kappa shape index (κ1) is 62.8. The molecule has 0 aromatic heterocycles. The molecule has 6 heteroatoms. The highest BCUT2D eigenvalue weighted by molar-refractivity contribution is 5.71. The molecule has 0 rings (SSSR count). The first-order chi connectivity index (χ1) is 32.5. The molecule has 0 spiro atoms. The molecule has 0 amide bonds. The Hall–Kier alpha value is -3.15. The number of esters is 3. The van der Waals surface area contributed by atoms with Crippen molar-refractivity contribution in [3.8, 4) is 0 Å². The van der Waals surface area contributed by atoms with Crippen LogP contribution in [0.4, 0.5) is 0 Å². The van der Waals surface area contributed by atoms with Gasteiger partial charge in [-0.1, -0.05) is 241 Å². The zero-order chi connectivity index (χ0) is 47.9. The van der Waals surface area contributed by atoms with Gasteiger partial charge in [0.1, 0.15) is 13.2 Å². The monoisotopic (exact) mass is 921 g/mol. The molecular weight excluding hydrogens is 817 g/mol. The maximum atomic E-state index is 12.8. The summed E-state index contributed by atoms with van der Waals surface area (Å²) in [6, 6.07) is 0. The maximum Gasteiger partial charge on any atom is 0.306 e. The molecule has 0 aliphatic carbocycles. The maximum absolute atomic E-state index is 12.8. The quantitative estimate of drug-likeness (QED) is 0.0262. The zero-order valence-corrected chi connectivity index (χ0v) is 43.4. The van der Waals surface area contributed by atoms with Crippen molar-refractivity contribution in [2.24, 2.45) is 0 Å². The van der Waals surface area contributed by atoms with Crippen molar-refractivity contribution in [3.63, 3.8) is 0 Å². The lowest BCUT2D eigenvalue weighted by atomic mass is 10.0. The van der Waals surface area contributed by atoms with Crippen LogP contribution in [0.25, 0.3) is 0 Å². The van der Waals surface area contributed by atoms with E-state index in [9.17, 15) is 14.4 Å². The van der Waals surface area contributed by atoms with Gasteiger partial charge in [0.15, 0.2) is 6.10 Å². The second-order valence-electron chi connectivity index (χ2n) is 18.5. The molecule has 380 valence electrons. The van der Waals surface area contributed by atoms with Crippen molar-refractivity contribution in [3.05, 3.63) is 72.9 Å². The van der Waals surface area contributed by atoms with E-state index in [-0.39, 0.29) is 37.5 Å². The lowest BCUT2D eigenvalue weighted by Crippen LogP contribution is -2.30. The van der Waals surface area contributed by atoms with Gasteiger partial charge in [0, 0.05) is 19.3 Å². The third-order valence-corrected chi connectivity index (χ3v) is 11.9. The van der Waals surface area contributed by atoms with Crippen LogP contribution in [-0.4, -0.2) is 37.2 Å². The molecule has 0 fully saturated rings. The molecule has 0 aliphatic heterocycles. The van der Waals surface area contributed by atoms with Crippen LogP contribution in [0.15, 0.2) is 72.9 Å². The van der Waals surface area contributed by atoms with Crippen LogP contribution in [-0.2, 0) is 28.6 Å². The van der Waals surface area contributed by atoms with Gasteiger partial charge < -0.3 is 14.2 Å². The Morgan fingerprint density at radius 1 is 0.318 bits per heavy atom. The Kier molecular flexibility index (Phi) is 51.9. The molecule has 0 unspecified atom stereocenters. The lowest BCUT2D eigenvalue weighted by molar-refractivity contribution is -0.167. The fraction of sp³-hybridized carbons (Fsp3) is 0.750. The molecule has 0 saturated heterocycles. The molecular formula is C60H104O6. The highest BCUT2D eigenvalue weighted by Gasteiger charge is 2.19. The summed E-state index contributed by atoms with van der Waals surface area (Å²) in [5.74, 6) is -0.955. The summed E-state index contributed by atoms with van der Waals surface area (Å²) in [6.07, 6.45) is 68.9. The number of hydrogen-bond donors (Lipinski definition) is 0. The van der Waals surface area contributed by atoms with Crippen molar-refractivity contribution in [1.29, 1.82) is 0 Å². The number of hydrogen-bond acceptors (Lipinski definition) is 6. The van der Waals surface area contributed by atoms with Crippen LogP contribution in [0, 0.1) is 0 Å². The molecule has 0 N–H and O–H groups in total. The number of carbonyl (C=O) groups excluding carboxylic acids is 3. The van der Waals surface area contributed by atoms with E-state index in [2.05, 4.69) is 93.7 Å². The molecule has 0 aliphatic rings. The van der Waals surface area contributed by atoms with Crippen LogP contribution in [0.5, 0.6) is 0 Å². The van der Waals surface area contributed by atoms with Crippen molar-refractivity contribution < 1.29 is 28.6 Å². The van der Waals surface area contributed by atoms with Crippen molar-refractivity contribution >= 4 is 17.9 Å². The van der Waals surface area contributed by atoms with Gasteiger partial charge in [0.25, 0.3) is 0 Å².